The average molecular weight is 510 g/mol. The monoisotopic (exact) mass is 509 g/mol. The SMILES string of the molecule is COCC(=O)N1CCN(Cc2cc3c(N4CCOCC4)nc(-c4cccc(N)c4C=N)nc3s2)CC1. The van der Waals surface area contributed by atoms with Crippen molar-refractivity contribution in [1.82, 2.24) is 19.8 Å². The van der Waals surface area contributed by atoms with Crippen LogP contribution in [0.2, 0.25) is 0 Å². The normalized spacial score (nSPS) is 17.0. The Hall–Kier alpha value is -3.12. The number of morpholine rings is 1. The predicted octanol–water partition coefficient (Wildman–Crippen LogP) is 2.07. The summed E-state index contributed by atoms with van der Waals surface area (Å²) in [4.78, 5) is 30.7. The lowest BCUT2D eigenvalue weighted by atomic mass is 10.1. The van der Waals surface area contributed by atoms with Crippen molar-refractivity contribution in [3.8, 4) is 11.4 Å². The number of amides is 1. The Morgan fingerprint density at radius 3 is 2.69 bits per heavy atom. The highest BCUT2D eigenvalue weighted by Gasteiger charge is 2.24. The Labute approximate surface area is 214 Å². The number of hydrogen-bond acceptors (Lipinski definition) is 10. The molecule has 11 heteroatoms. The topological polar surface area (TPSA) is 121 Å². The van der Waals surface area contributed by atoms with Crippen LogP contribution in [0.25, 0.3) is 21.6 Å². The van der Waals surface area contributed by atoms with Crippen molar-refractivity contribution >= 4 is 45.2 Å². The van der Waals surface area contributed by atoms with Crippen molar-refractivity contribution in [3.63, 3.8) is 0 Å². The highest BCUT2D eigenvalue weighted by Crippen LogP contribution is 2.35. The molecule has 2 aromatic heterocycles. The van der Waals surface area contributed by atoms with E-state index in [-0.39, 0.29) is 12.5 Å². The molecular formula is C25H31N7O3S. The van der Waals surface area contributed by atoms with Gasteiger partial charge in [0.1, 0.15) is 17.3 Å². The number of carbonyl (C=O) groups excluding carboxylic acids is 1. The first kappa shape index (κ1) is 24.6. The quantitative estimate of drug-likeness (QED) is 0.367. The molecule has 0 radical (unpaired) electrons. The lowest BCUT2D eigenvalue weighted by Gasteiger charge is -2.34. The zero-order valence-corrected chi connectivity index (χ0v) is 21.2. The van der Waals surface area contributed by atoms with E-state index in [2.05, 4.69) is 15.9 Å². The molecule has 0 saturated carbocycles. The molecular weight excluding hydrogens is 478 g/mol. The summed E-state index contributed by atoms with van der Waals surface area (Å²) in [5.74, 6) is 1.52. The lowest BCUT2D eigenvalue weighted by Crippen LogP contribution is -2.49. The second kappa shape index (κ2) is 10.9. The molecule has 3 N–H and O–H groups in total. The number of hydrogen-bond donors (Lipinski definition) is 2. The number of benzene rings is 1. The van der Waals surface area contributed by atoms with E-state index in [1.54, 1.807) is 24.5 Å². The van der Waals surface area contributed by atoms with Crippen molar-refractivity contribution in [2.75, 3.05) is 76.8 Å². The molecule has 0 spiro atoms. The molecule has 5 rings (SSSR count). The third-order valence-electron chi connectivity index (χ3n) is 6.63. The van der Waals surface area contributed by atoms with Crippen LogP contribution in [0.1, 0.15) is 10.4 Å². The highest BCUT2D eigenvalue weighted by atomic mass is 32.1. The molecule has 4 heterocycles. The summed E-state index contributed by atoms with van der Waals surface area (Å²) in [7, 11) is 1.55. The van der Waals surface area contributed by atoms with Crippen LogP contribution in [-0.4, -0.2) is 98.1 Å². The number of anilines is 2. The molecule has 2 aliphatic rings. The number of nitrogens with zero attached hydrogens (tertiary/aromatic N) is 5. The van der Waals surface area contributed by atoms with Gasteiger partial charge in [0.15, 0.2) is 5.82 Å². The van der Waals surface area contributed by atoms with Gasteiger partial charge >= 0.3 is 0 Å². The molecule has 36 heavy (non-hydrogen) atoms. The summed E-state index contributed by atoms with van der Waals surface area (Å²) in [6.07, 6.45) is 1.27. The van der Waals surface area contributed by atoms with Gasteiger partial charge in [-0.2, -0.15) is 0 Å². The molecule has 190 valence electrons. The molecule has 10 nitrogen and oxygen atoms in total. The Morgan fingerprint density at radius 1 is 1.19 bits per heavy atom. The van der Waals surface area contributed by atoms with Crippen molar-refractivity contribution in [2.24, 2.45) is 0 Å². The van der Waals surface area contributed by atoms with E-state index in [0.717, 1.165) is 54.3 Å². The molecule has 3 aromatic rings. The van der Waals surface area contributed by atoms with Gasteiger partial charge in [0.2, 0.25) is 5.91 Å². The van der Waals surface area contributed by atoms with E-state index in [0.29, 0.717) is 43.4 Å². The molecule has 0 aliphatic carbocycles. The molecule has 0 atom stereocenters. The maximum Gasteiger partial charge on any atom is 0.248 e. The second-order valence-electron chi connectivity index (χ2n) is 8.94. The van der Waals surface area contributed by atoms with E-state index in [1.807, 2.05) is 17.0 Å². The van der Waals surface area contributed by atoms with Gasteiger partial charge in [-0.25, -0.2) is 9.97 Å². The van der Waals surface area contributed by atoms with Crippen LogP contribution < -0.4 is 10.6 Å². The third-order valence-corrected chi connectivity index (χ3v) is 7.65. The average Bonchev–Trinajstić information content (AvgIpc) is 3.31. The number of piperazine rings is 1. The summed E-state index contributed by atoms with van der Waals surface area (Å²) in [6, 6.07) is 7.78. The summed E-state index contributed by atoms with van der Waals surface area (Å²) >= 11 is 1.67. The fraction of sp³-hybridized carbons (Fsp3) is 0.440. The first-order chi connectivity index (χ1) is 17.6. The number of nitrogens with two attached hydrogens (primary N) is 1. The molecule has 2 saturated heterocycles. The minimum absolute atomic E-state index is 0.0443. The van der Waals surface area contributed by atoms with E-state index in [1.165, 1.54) is 11.1 Å². The molecule has 0 unspecified atom stereocenters. The standard InChI is InChI=1S/C25H31N7O3S/c1-34-16-22(33)31-7-5-30(6-8-31)15-17-13-19-24(32-9-11-35-12-10-32)28-23(29-25(19)36-17)18-3-2-4-21(27)20(18)14-26/h2-4,13-14,26H,5-12,15-16,27H2,1H3. The summed E-state index contributed by atoms with van der Waals surface area (Å²) in [5.41, 5.74) is 8.07. The number of rotatable bonds is 7. The number of fused-ring (bicyclic) bond motifs is 1. The molecule has 0 bridgehead atoms. The zero-order valence-electron chi connectivity index (χ0n) is 20.4. The summed E-state index contributed by atoms with van der Waals surface area (Å²) < 4.78 is 10.6. The summed E-state index contributed by atoms with van der Waals surface area (Å²) in [6.45, 7) is 6.85. The molecule has 2 fully saturated rings. The first-order valence-corrected chi connectivity index (χ1v) is 12.9. The number of nitrogens with one attached hydrogen (secondary N) is 1. The van der Waals surface area contributed by atoms with E-state index in [4.69, 9.17) is 30.6 Å². The number of aromatic nitrogens is 2. The molecule has 1 aromatic carbocycles. The van der Waals surface area contributed by atoms with Crippen LogP contribution in [0.4, 0.5) is 11.5 Å². The van der Waals surface area contributed by atoms with Crippen LogP contribution in [0, 0.1) is 5.41 Å². The van der Waals surface area contributed by atoms with Gasteiger partial charge in [-0.1, -0.05) is 12.1 Å². The largest absolute Gasteiger partial charge is 0.398 e. The van der Waals surface area contributed by atoms with E-state index in [9.17, 15) is 4.79 Å². The first-order valence-electron chi connectivity index (χ1n) is 12.1. The van der Waals surface area contributed by atoms with Crippen molar-refractivity contribution in [3.05, 3.63) is 34.7 Å². The number of carbonyl (C=O) groups is 1. The van der Waals surface area contributed by atoms with Crippen molar-refractivity contribution < 1.29 is 14.3 Å². The Balaban J connectivity index is 1.45. The highest BCUT2D eigenvalue weighted by molar-refractivity contribution is 7.18. The van der Waals surface area contributed by atoms with Crippen LogP contribution in [0.5, 0.6) is 0 Å². The fourth-order valence-corrected chi connectivity index (χ4v) is 5.77. The minimum Gasteiger partial charge on any atom is -0.398 e. The molecule has 2 aliphatic heterocycles. The van der Waals surface area contributed by atoms with Gasteiger partial charge in [0, 0.05) is 80.8 Å². The molecule has 1 amide bonds. The zero-order chi connectivity index (χ0) is 25.1. The summed E-state index contributed by atoms with van der Waals surface area (Å²) in [5, 5.41) is 8.91. The number of nitrogen functional groups attached to an aromatic ring is 1. The van der Waals surface area contributed by atoms with Gasteiger partial charge in [-0.15, -0.1) is 11.3 Å². The number of thiophene rings is 1. The van der Waals surface area contributed by atoms with Crippen LogP contribution >= 0.6 is 11.3 Å². The van der Waals surface area contributed by atoms with Gasteiger partial charge < -0.3 is 30.4 Å². The van der Waals surface area contributed by atoms with Gasteiger partial charge in [0.05, 0.1) is 18.6 Å². The van der Waals surface area contributed by atoms with Crippen molar-refractivity contribution in [1.29, 1.82) is 5.41 Å². The van der Waals surface area contributed by atoms with Gasteiger partial charge in [-0.3, -0.25) is 9.69 Å². The van der Waals surface area contributed by atoms with E-state index < -0.39 is 0 Å². The maximum absolute atomic E-state index is 12.1. The van der Waals surface area contributed by atoms with Crippen LogP contribution in [-0.2, 0) is 20.8 Å². The Kier molecular flexibility index (Phi) is 7.42. The number of ether oxygens (including phenoxy) is 2. The van der Waals surface area contributed by atoms with Crippen LogP contribution in [0.15, 0.2) is 24.3 Å². The number of methoxy groups -OCH3 is 1. The van der Waals surface area contributed by atoms with Crippen molar-refractivity contribution in [2.45, 2.75) is 6.54 Å². The maximum atomic E-state index is 12.1. The van der Waals surface area contributed by atoms with Gasteiger partial charge in [0.25, 0.3) is 0 Å². The van der Waals surface area contributed by atoms with Crippen LogP contribution in [0.3, 0.4) is 0 Å². The smallest absolute Gasteiger partial charge is 0.248 e. The minimum atomic E-state index is 0.0443. The predicted molar refractivity (Wildman–Crippen MR) is 142 cm³/mol. The fourth-order valence-electron chi connectivity index (χ4n) is 4.70. The van der Waals surface area contributed by atoms with Gasteiger partial charge in [-0.05, 0) is 12.1 Å². The lowest BCUT2D eigenvalue weighted by molar-refractivity contribution is -0.136. The van der Waals surface area contributed by atoms with E-state index >= 15 is 0 Å². The third kappa shape index (κ3) is 5.05. The Bertz CT molecular complexity index is 1250. The second-order valence-corrected chi connectivity index (χ2v) is 10.1. The Morgan fingerprint density at radius 2 is 1.97 bits per heavy atom.